The van der Waals surface area contributed by atoms with Crippen LogP contribution in [0.25, 0.3) is 11.0 Å². The lowest BCUT2D eigenvalue weighted by Gasteiger charge is -2.16. The number of fused-ring (bicyclic) bond motifs is 1. The van der Waals surface area contributed by atoms with Gasteiger partial charge in [0.25, 0.3) is 0 Å². The Balaban J connectivity index is 1.62. The maximum atomic E-state index is 11.0. The quantitative estimate of drug-likeness (QED) is 0.497. The van der Waals surface area contributed by atoms with Crippen LogP contribution >= 0.6 is 0 Å². The molecule has 0 aliphatic carbocycles. The zero-order chi connectivity index (χ0) is 20.2. The second-order valence-corrected chi connectivity index (χ2v) is 6.79. The van der Waals surface area contributed by atoms with Crippen molar-refractivity contribution in [2.45, 2.75) is 26.2 Å². The summed E-state index contributed by atoms with van der Waals surface area (Å²) in [6.07, 6.45) is -0.862. The SMILES string of the molecule is CCn1c([C@H](O)c2ccc(OCc3ccccc3)c(OC)c2)nc2ccccc21. The topological polar surface area (TPSA) is 56.5 Å². The maximum absolute atomic E-state index is 11.0. The fraction of sp³-hybridized carbons (Fsp3) is 0.208. The molecule has 0 fully saturated rings. The number of ether oxygens (including phenoxy) is 2. The summed E-state index contributed by atoms with van der Waals surface area (Å²) in [6.45, 7) is 3.22. The van der Waals surface area contributed by atoms with Crippen LogP contribution in [0.4, 0.5) is 0 Å². The highest BCUT2D eigenvalue weighted by Gasteiger charge is 2.20. The first-order chi connectivity index (χ1) is 14.2. The number of hydrogen-bond acceptors (Lipinski definition) is 4. The molecule has 1 atom stereocenters. The number of aliphatic hydroxyl groups excluding tert-OH is 1. The third kappa shape index (κ3) is 3.82. The number of hydrogen-bond donors (Lipinski definition) is 1. The number of nitrogens with zero attached hydrogens (tertiary/aromatic N) is 2. The summed E-state index contributed by atoms with van der Waals surface area (Å²) in [4.78, 5) is 4.65. The van der Waals surface area contributed by atoms with Crippen LogP contribution in [0.2, 0.25) is 0 Å². The third-order valence-corrected chi connectivity index (χ3v) is 4.99. The Bertz CT molecular complexity index is 1110. The van der Waals surface area contributed by atoms with Crippen molar-refractivity contribution in [2.24, 2.45) is 0 Å². The molecule has 1 N–H and O–H groups in total. The number of aromatic nitrogens is 2. The number of benzene rings is 3. The molecule has 29 heavy (non-hydrogen) atoms. The smallest absolute Gasteiger partial charge is 0.161 e. The van der Waals surface area contributed by atoms with Crippen LogP contribution < -0.4 is 9.47 Å². The van der Waals surface area contributed by atoms with Gasteiger partial charge < -0.3 is 19.1 Å². The van der Waals surface area contributed by atoms with Crippen LogP contribution in [-0.2, 0) is 13.2 Å². The summed E-state index contributed by atoms with van der Waals surface area (Å²) in [5, 5.41) is 11.0. The molecule has 0 saturated carbocycles. The molecule has 3 aromatic carbocycles. The predicted octanol–water partition coefficient (Wildman–Crippen LogP) is 4.73. The normalized spacial score (nSPS) is 12.1. The summed E-state index contributed by atoms with van der Waals surface area (Å²) < 4.78 is 13.5. The molecular weight excluding hydrogens is 364 g/mol. The highest BCUT2D eigenvalue weighted by molar-refractivity contribution is 5.76. The molecule has 1 aromatic heterocycles. The van der Waals surface area contributed by atoms with Crippen molar-refractivity contribution in [1.29, 1.82) is 0 Å². The van der Waals surface area contributed by atoms with Gasteiger partial charge in [-0.3, -0.25) is 0 Å². The number of methoxy groups -OCH3 is 1. The van der Waals surface area contributed by atoms with Gasteiger partial charge in [-0.25, -0.2) is 4.98 Å². The standard InChI is InChI=1S/C24H24N2O3/c1-3-26-20-12-8-7-11-19(20)25-24(26)23(27)18-13-14-21(22(15-18)28-2)29-16-17-9-5-4-6-10-17/h4-15,23,27H,3,16H2,1-2H3/t23-/m1/s1. The minimum atomic E-state index is -0.862. The molecule has 4 aromatic rings. The molecule has 1 heterocycles. The molecule has 0 radical (unpaired) electrons. The van der Waals surface area contributed by atoms with Gasteiger partial charge in [0, 0.05) is 6.54 Å². The Kier molecular flexibility index (Phi) is 5.49. The van der Waals surface area contributed by atoms with Crippen molar-refractivity contribution >= 4 is 11.0 Å². The Labute approximate surface area is 170 Å². The van der Waals surface area contributed by atoms with Crippen molar-refractivity contribution in [3.8, 4) is 11.5 Å². The number of rotatable bonds is 7. The largest absolute Gasteiger partial charge is 0.493 e. The number of imidazole rings is 1. The number of aliphatic hydroxyl groups is 1. The fourth-order valence-electron chi connectivity index (χ4n) is 3.49. The fourth-order valence-corrected chi connectivity index (χ4v) is 3.49. The summed E-state index contributed by atoms with van der Waals surface area (Å²) in [7, 11) is 1.60. The lowest BCUT2D eigenvalue weighted by atomic mass is 10.1. The van der Waals surface area contributed by atoms with E-state index in [1.807, 2.05) is 84.3 Å². The van der Waals surface area contributed by atoms with E-state index >= 15 is 0 Å². The molecule has 0 aliphatic rings. The minimum Gasteiger partial charge on any atom is -0.493 e. The molecule has 0 spiro atoms. The van der Waals surface area contributed by atoms with Crippen molar-refractivity contribution in [2.75, 3.05) is 7.11 Å². The first kappa shape index (κ1) is 19.0. The van der Waals surface area contributed by atoms with E-state index in [4.69, 9.17) is 9.47 Å². The van der Waals surface area contributed by atoms with Crippen molar-refractivity contribution in [3.05, 3.63) is 89.7 Å². The van der Waals surface area contributed by atoms with Crippen LogP contribution in [0.1, 0.15) is 30.0 Å². The van der Waals surface area contributed by atoms with Crippen molar-refractivity contribution < 1.29 is 14.6 Å². The average Bonchev–Trinajstić information content (AvgIpc) is 3.16. The molecule has 0 bridgehead atoms. The van der Waals surface area contributed by atoms with E-state index in [-0.39, 0.29) is 0 Å². The van der Waals surface area contributed by atoms with E-state index in [0.29, 0.717) is 29.5 Å². The van der Waals surface area contributed by atoms with Crippen molar-refractivity contribution in [3.63, 3.8) is 0 Å². The number of para-hydroxylation sites is 2. The van der Waals surface area contributed by atoms with Gasteiger partial charge in [-0.2, -0.15) is 0 Å². The van der Waals surface area contributed by atoms with Gasteiger partial charge in [0.1, 0.15) is 18.5 Å². The van der Waals surface area contributed by atoms with Crippen LogP contribution in [0, 0.1) is 0 Å². The molecule has 5 heteroatoms. The summed E-state index contributed by atoms with van der Waals surface area (Å²) in [6, 6.07) is 23.4. The first-order valence-corrected chi connectivity index (χ1v) is 9.69. The molecule has 4 rings (SSSR count). The second-order valence-electron chi connectivity index (χ2n) is 6.79. The minimum absolute atomic E-state index is 0.449. The van der Waals surface area contributed by atoms with Gasteiger partial charge in [0.15, 0.2) is 11.5 Å². The molecular formula is C24H24N2O3. The van der Waals surface area contributed by atoms with E-state index in [1.165, 1.54) is 0 Å². The van der Waals surface area contributed by atoms with E-state index in [9.17, 15) is 5.11 Å². The average molecular weight is 388 g/mol. The van der Waals surface area contributed by atoms with Crippen LogP contribution in [-0.4, -0.2) is 21.8 Å². The van der Waals surface area contributed by atoms with Gasteiger partial charge in [-0.05, 0) is 42.3 Å². The molecule has 148 valence electrons. The van der Waals surface area contributed by atoms with Gasteiger partial charge in [-0.15, -0.1) is 0 Å². The Morgan fingerprint density at radius 3 is 2.48 bits per heavy atom. The lowest BCUT2D eigenvalue weighted by Crippen LogP contribution is -2.09. The second kappa shape index (κ2) is 8.37. The third-order valence-electron chi connectivity index (χ3n) is 4.99. The van der Waals surface area contributed by atoms with E-state index in [2.05, 4.69) is 4.98 Å². The Morgan fingerprint density at radius 2 is 1.72 bits per heavy atom. The first-order valence-electron chi connectivity index (χ1n) is 9.69. The summed E-state index contributed by atoms with van der Waals surface area (Å²) in [5.41, 5.74) is 3.67. The summed E-state index contributed by atoms with van der Waals surface area (Å²) >= 11 is 0. The lowest BCUT2D eigenvalue weighted by molar-refractivity contribution is 0.204. The summed E-state index contributed by atoms with van der Waals surface area (Å²) in [5.74, 6) is 1.83. The number of aryl methyl sites for hydroxylation is 1. The van der Waals surface area contributed by atoms with E-state index in [1.54, 1.807) is 7.11 Å². The highest BCUT2D eigenvalue weighted by atomic mass is 16.5. The van der Waals surface area contributed by atoms with Crippen LogP contribution in [0.15, 0.2) is 72.8 Å². The monoisotopic (exact) mass is 388 g/mol. The van der Waals surface area contributed by atoms with Gasteiger partial charge in [0.2, 0.25) is 0 Å². The van der Waals surface area contributed by atoms with Crippen molar-refractivity contribution in [1.82, 2.24) is 9.55 Å². The van der Waals surface area contributed by atoms with Gasteiger partial charge in [-0.1, -0.05) is 48.5 Å². The van der Waals surface area contributed by atoms with Crippen LogP contribution in [0.5, 0.6) is 11.5 Å². The molecule has 5 nitrogen and oxygen atoms in total. The van der Waals surface area contributed by atoms with Crippen LogP contribution in [0.3, 0.4) is 0 Å². The van der Waals surface area contributed by atoms with E-state index < -0.39 is 6.10 Å². The van der Waals surface area contributed by atoms with Gasteiger partial charge in [0.05, 0.1) is 18.1 Å². The molecule has 0 unspecified atom stereocenters. The Hall–Kier alpha value is -3.31. The zero-order valence-electron chi connectivity index (χ0n) is 16.6. The van der Waals surface area contributed by atoms with Gasteiger partial charge >= 0.3 is 0 Å². The molecule has 0 saturated heterocycles. The predicted molar refractivity (Wildman–Crippen MR) is 113 cm³/mol. The molecule has 0 aliphatic heterocycles. The Morgan fingerprint density at radius 1 is 0.966 bits per heavy atom. The molecule has 0 amide bonds. The maximum Gasteiger partial charge on any atom is 0.161 e. The zero-order valence-corrected chi connectivity index (χ0v) is 16.6. The van der Waals surface area contributed by atoms with E-state index in [0.717, 1.165) is 23.1 Å². The highest BCUT2D eigenvalue weighted by Crippen LogP contribution is 2.33.